The SMILES string of the molecule is Cc1cc(C(O)c2cc(F)ccc2Cl)nc2ccccc12. The zero-order valence-electron chi connectivity index (χ0n) is 11.3. The molecule has 1 N–H and O–H groups in total. The predicted molar refractivity (Wildman–Crippen MR) is 82.0 cm³/mol. The van der Waals surface area contributed by atoms with Gasteiger partial charge in [0.1, 0.15) is 11.9 Å². The molecule has 0 saturated heterocycles. The number of hydrogen-bond acceptors (Lipinski definition) is 2. The molecule has 0 radical (unpaired) electrons. The van der Waals surface area contributed by atoms with Crippen LogP contribution in [0.15, 0.2) is 48.5 Å². The molecule has 1 unspecified atom stereocenters. The monoisotopic (exact) mass is 301 g/mol. The van der Waals surface area contributed by atoms with Crippen LogP contribution in [0.5, 0.6) is 0 Å². The number of pyridine rings is 1. The minimum absolute atomic E-state index is 0.316. The molecule has 0 saturated carbocycles. The Labute approximate surface area is 126 Å². The highest BCUT2D eigenvalue weighted by atomic mass is 35.5. The van der Waals surface area contributed by atoms with Crippen molar-refractivity contribution >= 4 is 22.5 Å². The van der Waals surface area contributed by atoms with Gasteiger partial charge in [0.15, 0.2) is 0 Å². The van der Waals surface area contributed by atoms with E-state index in [1.165, 1.54) is 18.2 Å². The Bertz CT molecular complexity index is 819. The first-order valence-corrected chi connectivity index (χ1v) is 6.93. The van der Waals surface area contributed by atoms with Crippen LogP contribution in [0.4, 0.5) is 4.39 Å². The van der Waals surface area contributed by atoms with E-state index in [0.29, 0.717) is 16.3 Å². The van der Waals surface area contributed by atoms with Crippen LogP contribution in [0.25, 0.3) is 10.9 Å². The van der Waals surface area contributed by atoms with Crippen molar-refractivity contribution in [2.24, 2.45) is 0 Å². The molecular formula is C17H13ClFNO. The molecule has 0 fully saturated rings. The smallest absolute Gasteiger partial charge is 0.123 e. The minimum Gasteiger partial charge on any atom is -0.382 e. The number of halogens is 2. The number of rotatable bonds is 2. The number of benzene rings is 2. The van der Waals surface area contributed by atoms with E-state index < -0.39 is 11.9 Å². The Morgan fingerprint density at radius 3 is 2.71 bits per heavy atom. The maximum Gasteiger partial charge on any atom is 0.123 e. The second-order valence-corrected chi connectivity index (χ2v) is 5.36. The molecule has 0 aliphatic rings. The van der Waals surface area contributed by atoms with Crippen molar-refractivity contribution in [2.75, 3.05) is 0 Å². The summed E-state index contributed by atoms with van der Waals surface area (Å²) in [7, 11) is 0. The van der Waals surface area contributed by atoms with E-state index >= 15 is 0 Å². The number of nitrogens with zero attached hydrogens (tertiary/aromatic N) is 1. The van der Waals surface area contributed by atoms with E-state index in [1.54, 1.807) is 6.07 Å². The lowest BCUT2D eigenvalue weighted by atomic mass is 10.0. The van der Waals surface area contributed by atoms with Crippen LogP contribution in [-0.2, 0) is 0 Å². The second-order valence-electron chi connectivity index (χ2n) is 4.95. The van der Waals surface area contributed by atoms with Crippen molar-refractivity contribution in [2.45, 2.75) is 13.0 Å². The summed E-state index contributed by atoms with van der Waals surface area (Å²) >= 11 is 6.04. The molecule has 0 bridgehead atoms. The van der Waals surface area contributed by atoms with E-state index in [-0.39, 0.29) is 0 Å². The zero-order valence-corrected chi connectivity index (χ0v) is 12.1. The summed E-state index contributed by atoms with van der Waals surface area (Å²) in [5.74, 6) is -0.439. The van der Waals surface area contributed by atoms with E-state index in [9.17, 15) is 9.50 Å². The Kier molecular flexibility index (Phi) is 3.62. The summed E-state index contributed by atoms with van der Waals surface area (Å²) in [5, 5.41) is 11.8. The zero-order chi connectivity index (χ0) is 15.0. The lowest BCUT2D eigenvalue weighted by Gasteiger charge is -2.14. The summed E-state index contributed by atoms with van der Waals surface area (Å²) in [5.41, 5.74) is 2.57. The lowest BCUT2D eigenvalue weighted by Crippen LogP contribution is -2.04. The summed E-state index contributed by atoms with van der Waals surface area (Å²) < 4.78 is 13.4. The van der Waals surface area contributed by atoms with Crippen molar-refractivity contribution in [3.8, 4) is 0 Å². The van der Waals surface area contributed by atoms with Gasteiger partial charge in [-0.15, -0.1) is 0 Å². The third-order valence-electron chi connectivity index (χ3n) is 3.48. The Morgan fingerprint density at radius 2 is 1.90 bits per heavy atom. The predicted octanol–water partition coefficient (Wildman–Crippen LogP) is 4.42. The largest absolute Gasteiger partial charge is 0.382 e. The number of aromatic nitrogens is 1. The second kappa shape index (κ2) is 5.43. The number of para-hydroxylation sites is 1. The third-order valence-corrected chi connectivity index (χ3v) is 3.82. The molecule has 0 aliphatic heterocycles. The average molecular weight is 302 g/mol. The number of aliphatic hydroxyl groups is 1. The van der Waals surface area contributed by atoms with Crippen LogP contribution in [0.3, 0.4) is 0 Å². The van der Waals surface area contributed by atoms with Crippen LogP contribution in [0.1, 0.15) is 22.9 Å². The molecule has 3 rings (SSSR count). The van der Waals surface area contributed by atoms with Crippen LogP contribution in [-0.4, -0.2) is 10.1 Å². The van der Waals surface area contributed by atoms with Crippen molar-refractivity contribution in [1.29, 1.82) is 0 Å². The molecule has 0 spiro atoms. The van der Waals surface area contributed by atoms with Gasteiger partial charge in [-0.3, -0.25) is 0 Å². The fourth-order valence-corrected chi connectivity index (χ4v) is 2.62. The molecule has 4 heteroatoms. The third kappa shape index (κ3) is 2.62. The molecule has 2 aromatic carbocycles. The van der Waals surface area contributed by atoms with Gasteiger partial charge in [-0.1, -0.05) is 29.8 Å². The first-order chi connectivity index (χ1) is 10.1. The Hall–Kier alpha value is -1.97. The topological polar surface area (TPSA) is 33.1 Å². The Balaban J connectivity index is 2.13. The van der Waals surface area contributed by atoms with Crippen molar-refractivity contribution in [1.82, 2.24) is 4.98 Å². The highest BCUT2D eigenvalue weighted by Gasteiger charge is 2.17. The molecule has 3 aromatic rings. The number of fused-ring (bicyclic) bond motifs is 1. The summed E-state index contributed by atoms with van der Waals surface area (Å²) in [4.78, 5) is 4.45. The van der Waals surface area contributed by atoms with Gasteiger partial charge in [0, 0.05) is 16.0 Å². The normalized spacial score (nSPS) is 12.6. The van der Waals surface area contributed by atoms with Gasteiger partial charge in [-0.2, -0.15) is 0 Å². The Morgan fingerprint density at radius 1 is 1.14 bits per heavy atom. The molecule has 0 aliphatic carbocycles. The molecule has 21 heavy (non-hydrogen) atoms. The first-order valence-electron chi connectivity index (χ1n) is 6.55. The molecule has 1 aromatic heterocycles. The van der Waals surface area contributed by atoms with Gasteiger partial charge in [-0.25, -0.2) is 9.37 Å². The molecule has 2 nitrogen and oxygen atoms in total. The summed E-state index contributed by atoms with van der Waals surface area (Å²) in [6, 6.07) is 13.4. The van der Waals surface area contributed by atoms with E-state index in [1.807, 2.05) is 31.2 Å². The highest BCUT2D eigenvalue weighted by Crippen LogP contribution is 2.30. The number of hydrogen-bond donors (Lipinski definition) is 1. The minimum atomic E-state index is -1.06. The number of aryl methyl sites for hydroxylation is 1. The van der Waals surface area contributed by atoms with Crippen molar-refractivity contribution in [3.63, 3.8) is 0 Å². The summed E-state index contributed by atoms with van der Waals surface area (Å²) in [6.07, 6.45) is -1.06. The van der Waals surface area contributed by atoms with Crippen LogP contribution in [0, 0.1) is 12.7 Å². The van der Waals surface area contributed by atoms with E-state index in [0.717, 1.165) is 16.5 Å². The van der Waals surface area contributed by atoms with Crippen LogP contribution < -0.4 is 0 Å². The molecule has 106 valence electrons. The van der Waals surface area contributed by atoms with Gasteiger partial charge in [0.25, 0.3) is 0 Å². The van der Waals surface area contributed by atoms with Crippen molar-refractivity contribution < 1.29 is 9.50 Å². The molecule has 1 atom stereocenters. The first kappa shape index (κ1) is 14.0. The average Bonchev–Trinajstić information content (AvgIpc) is 2.49. The van der Waals surface area contributed by atoms with E-state index in [4.69, 9.17) is 11.6 Å². The van der Waals surface area contributed by atoms with Gasteiger partial charge in [0.05, 0.1) is 11.2 Å². The highest BCUT2D eigenvalue weighted by molar-refractivity contribution is 6.31. The van der Waals surface area contributed by atoms with Gasteiger partial charge >= 0.3 is 0 Å². The fourth-order valence-electron chi connectivity index (χ4n) is 2.40. The lowest BCUT2D eigenvalue weighted by molar-refractivity contribution is 0.215. The maximum atomic E-state index is 13.4. The van der Waals surface area contributed by atoms with Crippen LogP contribution in [0.2, 0.25) is 5.02 Å². The van der Waals surface area contributed by atoms with Crippen molar-refractivity contribution in [3.05, 3.63) is 76.2 Å². The molecule has 0 amide bonds. The van der Waals surface area contributed by atoms with Gasteiger partial charge in [-0.05, 0) is 42.8 Å². The maximum absolute atomic E-state index is 13.4. The standard InChI is InChI=1S/C17H13ClFNO/c1-10-8-16(20-15-5-3-2-4-12(10)15)17(21)13-9-11(19)6-7-14(13)18/h2-9,17,21H,1H3. The van der Waals surface area contributed by atoms with Crippen LogP contribution >= 0.6 is 11.6 Å². The quantitative estimate of drug-likeness (QED) is 0.760. The molecular weight excluding hydrogens is 289 g/mol. The van der Waals surface area contributed by atoms with Gasteiger partial charge < -0.3 is 5.11 Å². The summed E-state index contributed by atoms with van der Waals surface area (Å²) in [6.45, 7) is 1.95. The number of aliphatic hydroxyl groups excluding tert-OH is 1. The fraction of sp³-hybridized carbons (Fsp3) is 0.118. The van der Waals surface area contributed by atoms with Gasteiger partial charge in [0.2, 0.25) is 0 Å². The molecule has 1 heterocycles. The van der Waals surface area contributed by atoms with E-state index in [2.05, 4.69) is 4.98 Å².